The van der Waals surface area contributed by atoms with Gasteiger partial charge in [0, 0.05) is 25.7 Å². The van der Waals surface area contributed by atoms with E-state index in [1.54, 1.807) is 0 Å². The topological polar surface area (TPSA) is 83.0 Å². The quantitative estimate of drug-likeness (QED) is 0.117. The lowest BCUT2D eigenvalue weighted by Crippen LogP contribution is -2.39. The molecule has 2 aliphatic rings. The van der Waals surface area contributed by atoms with Crippen LogP contribution >= 0.6 is 12.2 Å². The van der Waals surface area contributed by atoms with E-state index >= 15 is 0 Å². The molecule has 0 fully saturated rings. The zero-order chi connectivity index (χ0) is 41.0. The number of thiocarbonyl (C=S) groups is 1. The van der Waals surface area contributed by atoms with Crippen molar-refractivity contribution in [3.05, 3.63) is 115 Å². The lowest BCUT2D eigenvalue weighted by atomic mass is 9.79. The third-order valence-electron chi connectivity index (χ3n) is 11.3. The maximum atomic E-state index is 12.4. The van der Waals surface area contributed by atoms with Gasteiger partial charge in [0.15, 0.2) is 5.11 Å². The summed E-state index contributed by atoms with van der Waals surface area (Å²) in [7, 11) is 0. The van der Waals surface area contributed by atoms with Crippen LogP contribution < -0.4 is 20.1 Å². The molecule has 6 nitrogen and oxygen atoms in total. The average molecular weight is 777 g/mol. The molecule has 56 heavy (non-hydrogen) atoms. The Bertz CT molecular complexity index is 1890. The van der Waals surface area contributed by atoms with Crippen LogP contribution in [0, 0.1) is 0 Å². The Hall–Kier alpha value is -4.23. The number of aromatic hydroxyl groups is 2. The Balaban J connectivity index is 1.76. The first-order chi connectivity index (χ1) is 26.0. The zero-order valence-corrected chi connectivity index (χ0v) is 36.7. The lowest BCUT2D eigenvalue weighted by Gasteiger charge is -2.28. The highest BCUT2D eigenvalue weighted by Gasteiger charge is 2.28. The predicted molar refractivity (Wildman–Crippen MR) is 235 cm³/mol. The van der Waals surface area contributed by atoms with Gasteiger partial charge >= 0.3 is 0 Å². The van der Waals surface area contributed by atoms with E-state index < -0.39 is 0 Å². The summed E-state index contributed by atoms with van der Waals surface area (Å²) in [6, 6.07) is 17.7. The van der Waals surface area contributed by atoms with Crippen LogP contribution in [0.2, 0.25) is 0 Å². The normalized spacial score (nSPS) is 15.7. The summed E-state index contributed by atoms with van der Waals surface area (Å²) in [5, 5.41) is 31.9. The summed E-state index contributed by atoms with van der Waals surface area (Å²) in [5.74, 6) is 2.18. The van der Waals surface area contributed by atoms with Gasteiger partial charge in [0.1, 0.15) is 36.2 Å². The Kier molecular flexibility index (Phi) is 11.3. The van der Waals surface area contributed by atoms with Gasteiger partial charge in [-0.3, -0.25) is 0 Å². The SMILES string of the molecule is CC(C)(C)c1cc2c(O)c(c1)Cc1cc(C(C)(C)C)cc3c1OCCNC(=S)NCCOc1c(cc(C(C)(C)C)cc1Cc1cc(C(C)(C)C)cc(c1O)C3)C2. The lowest BCUT2D eigenvalue weighted by molar-refractivity contribution is 0.311. The maximum absolute atomic E-state index is 12.4. The number of phenols is 2. The molecule has 7 heteroatoms. The van der Waals surface area contributed by atoms with E-state index in [1.165, 1.54) is 11.1 Å². The molecule has 0 aromatic heterocycles. The van der Waals surface area contributed by atoms with Crippen molar-refractivity contribution in [2.75, 3.05) is 26.3 Å². The van der Waals surface area contributed by atoms with Crippen LogP contribution in [0.1, 0.15) is 150 Å². The van der Waals surface area contributed by atoms with Crippen LogP contribution in [0.4, 0.5) is 0 Å². The number of benzene rings is 4. The number of ether oxygens (including phenoxy) is 2. The molecule has 0 radical (unpaired) electrons. The fourth-order valence-electron chi connectivity index (χ4n) is 7.71. The van der Waals surface area contributed by atoms with E-state index in [1.807, 2.05) is 0 Å². The van der Waals surface area contributed by atoms with Crippen LogP contribution in [0.15, 0.2) is 48.5 Å². The summed E-state index contributed by atoms with van der Waals surface area (Å²) in [6.07, 6.45) is 1.88. The van der Waals surface area contributed by atoms with E-state index in [0.717, 1.165) is 67.1 Å². The van der Waals surface area contributed by atoms with Crippen molar-refractivity contribution in [1.82, 2.24) is 10.6 Å². The minimum atomic E-state index is -0.166. The Morgan fingerprint density at radius 3 is 0.893 bits per heavy atom. The van der Waals surface area contributed by atoms with E-state index in [0.29, 0.717) is 68.6 Å². The first-order valence-electron chi connectivity index (χ1n) is 20.3. The van der Waals surface area contributed by atoms with E-state index in [4.69, 9.17) is 21.7 Å². The van der Waals surface area contributed by atoms with Crippen LogP contribution in [0.3, 0.4) is 0 Å². The van der Waals surface area contributed by atoms with Crippen LogP contribution in [-0.2, 0) is 47.3 Å². The average Bonchev–Trinajstić information content (AvgIpc) is 3.07. The van der Waals surface area contributed by atoms with Crippen LogP contribution in [0.25, 0.3) is 0 Å². The van der Waals surface area contributed by atoms with Gasteiger partial charge in [-0.05, 0) is 101 Å². The first-order valence-corrected chi connectivity index (χ1v) is 20.7. The van der Waals surface area contributed by atoms with E-state index in [2.05, 4.69) is 142 Å². The van der Waals surface area contributed by atoms with E-state index in [-0.39, 0.29) is 21.7 Å². The predicted octanol–water partition coefficient (Wildman–Crippen LogP) is 10.2. The molecule has 0 amide bonds. The molecule has 300 valence electrons. The van der Waals surface area contributed by atoms with Crippen LogP contribution in [0.5, 0.6) is 23.0 Å². The number of fused-ring (bicyclic) bond motifs is 2. The number of phenolic OH excluding ortho intramolecular Hbond substituents is 2. The molecule has 1 aliphatic carbocycles. The van der Waals surface area contributed by atoms with Crippen molar-refractivity contribution in [1.29, 1.82) is 0 Å². The second-order valence-electron chi connectivity index (χ2n) is 20.1. The molecule has 0 spiro atoms. The van der Waals surface area contributed by atoms with Gasteiger partial charge in [0.05, 0.1) is 13.1 Å². The number of hydrogen-bond acceptors (Lipinski definition) is 5. The van der Waals surface area contributed by atoms with Gasteiger partial charge < -0.3 is 30.3 Å². The molecule has 0 atom stereocenters. The van der Waals surface area contributed by atoms with Gasteiger partial charge in [-0.2, -0.15) is 0 Å². The van der Waals surface area contributed by atoms with Gasteiger partial charge in [-0.15, -0.1) is 0 Å². The summed E-state index contributed by atoms with van der Waals surface area (Å²) < 4.78 is 13.6. The number of nitrogens with one attached hydrogen (secondary N) is 2. The molecule has 4 N–H and O–H groups in total. The standard InChI is InChI=1S/C49H64N2O4S/c1-46(2,3)37-21-29-17-33-25-39(48(7,8)9)27-35-19-31-23-38(47(4,5)6)24-32(42(31)53)20-36-28-40(49(10,11)12)26-34(18-30(22-37)41(29)52)44(36)55-16-14-51-45(56)50-13-15-54-43(33)35/h21-28,52-53H,13-20H2,1-12H3,(H2,50,51,56). The molecule has 0 saturated heterocycles. The van der Waals surface area contributed by atoms with Crippen molar-refractivity contribution in [2.45, 2.75) is 130 Å². The summed E-state index contributed by atoms with van der Waals surface area (Å²) in [5.41, 5.74) is 11.5. The molecular formula is C49H64N2O4S. The maximum Gasteiger partial charge on any atom is 0.166 e. The fraction of sp³-hybridized carbons (Fsp3) is 0.490. The molecule has 1 heterocycles. The van der Waals surface area contributed by atoms with Crippen molar-refractivity contribution in [3.8, 4) is 23.0 Å². The number of rotatable bonds is 0. The molecule has 0 saturated carbocycles. The highest BCUT2D eigenvalue weighted by molar-refractivity contribution is 7.80. The molecular weight excluding hydrogens is 713 g/mol. The van der Waals surface area contributed by atoms with Gasteiger partial charge in [-0.1, -0.05) is 132 Å². The Labute approximate surface area is 341 Å². The van der Waals surface area contributed by atoms with Gasteiger partial charge in [0.25, 0.3) is 0 Å². The third kappa shape index (κ3) is 9.15. The zero-order valence-electron chi connectivity index (χ0n) is 35.9. The highest BCUT2D eigenvalue weighted by Crippen LogP contribution is 2.43. The first kappa shape index (κ1) is 41.4. The molecule has 4 aromatic carbocycles. The third-order valence-corrected chi connectivity index (χ3v) is 11.6. The largest absolute Gasteiger partial charge is 0.507 e. The van der Waals surface area contributed by atoms with Crippen molar-refractivity contribution in [3.63, 3.8) is 0 Å². The van der Waals surface area contributed by atoms with Crippen molar-refractivity contribution in [2.24, 2.45) is 0 Å². The summed E-state index contributed by atoms with van der Waals surface area (Å²) in [6.45, 7) is 28.5. The minimum absolute atomic E-state index is 0.161. The smallest absolute Gasteiger partial charge is 0.166 e. The van der Waals surface area contributed by atoms with E-state index in [9.17, 15) is 10.2 Å². The molecule has 0 unspecified atom stereocenters. The van der Waals surface area contributed by atoms with Crippen molar-refractivity contribution >= 4 is 17.3 Å². The summed E-state index contributed by atoms with van der Waals surface area (Å²) >= 11 is 5.67. The molecule has 1 aliphatic heterocycles. The molecule has 4 aromatic rings. The van der Waals surface area contributed by atoms with Crippen LogP contribution in [-0.4, -0.2) is 41.6 Å². The molecule has 6 rings (SSSR count). The monoisotopic (exact) mass is 776 g/mol. The second kappa shape index (κ2) is 15.3. The molecule has 10 bridgehead atoms. The van der Waals surface area contributed by atoms with Gasteiger partial charge in [-0.25, -0.2) is 0 Å². The fourth-order valence-corrected chi connectivity index (χ4v) is 7.92. The summed E-state index contributed by atoms with van der Waals surface area (Å²) in [4.78, 5) is 0. The Morgan fingerprint density at radius 1 is 0.429 bits per heavy atom. The second-order valence-corrected chi connectivity index (χ2v) is 20.5. The van der Waals surface area contributed by atoms with Gasteiger partial charge in [0.2, 0.25) is 0 Å². The number of hydrogen-bond donors (Lipinski definition) is 4. The Morgan fingerprint density at radius 2 is 0.661 bits per heavy atom. The van der Waals surface area contributed by atoms with Crippen molar-refractivity contribution < 1.29 is 19.7 Å². The minimum Gasteiger partial charge on any atom is -0.507 e. The highest BCUT2D eigenvalue weighted by atomic mass is 32.1.